The normalized spacial score (nSPS) is 12.1. The van der Waals surface area contributed by atoms with Gasteiger partial charge in [0.1, 0.15) is 0 Å². The minimum Gasteiger partial charge on any atom is -0.454 e. The van der Waals surface area contributed by atoms with E-state index in [2.05, 4.69) is 0 Å². The van der Waals surface area contributed by atoms with Crippen molar-refractivity contribution in [3.8, 4) is 11.5 Å². The molecule has 1 aliphatic rings. The van der Waals surface area contributed by atoms with Crippen LogP contribution >= 0.6 is 0 Å². The van der Waals surface area contributed by atoms with Crippen LogP contribution in [0.15, 0.2) is 36.4 Å². The lowest BCUT2D eigenvalue weighted by atomic mass is 10.0. The van der Waals surface area contributed by atoms with Gasteiger partial charge in [-0.05, 0) is 49.2 Å². The fraction of sp³-hybridized carbons (Fsp3) is 0.222. The van der Waals surface area contributed by atoms with Crippen molar-refractivity contribution in [3.63, 3.8) is 0 Å². The SMILES string of the molecule is Cc1cccc(C(=O)OCC(=O)c2ccc3c(c2)OCO3)c1C. The highest BCUT2D eigenvalue weighted by atomic mass is 16.7. The van der Waals surface area contributed by atoms with E-state index in [1.54, 1.807) is 30.3 Å². The second-order valence-electron chi connectivity index (χ2n) is 5.31. The van der Waals surface area contributed by atoms with Gasteiger partial charge in [-0.2, -0.15) is 0 Å². The van der Waals surface area contributed by atoms with Gasteiger partial charge in [-0.15, -0.1) is 0 Å². The number of ketones is 1. The van der Waals surface area contributed by atoms with Gasteiger partial charge in [0.25, 0.3) is 0 Å². The van der Waals surface area contributed by atoms with Gasteiger partial charge in [0.15, 0.2) is 23.9 Å². The van der Waals surface area contributed by atoms with Crippen molar-refractivity contribution in [3.05, 3.63) is 58.7 Å². The Morgan fingerprint density at radius 2 is 1.87 bits per heavy atom. The summed E-state index contributed by atoms with van der Waals surface area (Å²) in [6, 6.07) is 10.3. The van der Waals surface area contributed by atoms with Gasteiger partial charge in [0.05, 0.1) is 5.56 Å². The van der Waals surface area contributed by atoms with Crippen molar-refractivity contribution in [2.45, 2.75) is 13.8 Å². The molecular weight excluding hydrogens is 296 g/mol. The lowest BCUT2D eigenvalue weighted by Crippen LogP contribution is -2.15. The summed E-state index contributed by atoms with van der Waals surface area (Å²) in [5, 5.41) is 0. The van der Waals surface area contributed by atoms with Crippen LogP contribution in [0.1, 0.15) is 31.8 Å². The minimum atomic E-state index is -0.500. The molecule has 0 spiro atoms. The lowest BCUT2D eigenvalue weighted by Gasteiger charge is -2.08. The molecule has 0 fully saturated rings. The van der Waals surface area contributed by atoms with Crippen LogP contribution in [0.3, 0.4) is 0 Å². The number of carbonyl (C=O) groups excluding carboxylic acids is 2. The average Bonchev–Trinajstić information content (AvgIpc) is 3.02. The number of Topliss-reactive ketones (excluding diaryl/α,β-unsaturated/α-hetero) is 1. The van der Waals surface area contributed by atoms with Crippen molar-refractivity contribution in [2.24, 2.45) is 0 Å². The van der Waals surface area contributed by atoms with Gasteiger partial charge < -0.3 is 14.2 Å². The van der Waals surface area contributed by atoms with E-state index >= 15 is 0 Å². The number of esters is 1. The van der Waals surface area contributed by atoms with Crippen molar-refractivity contribution < 1.29 is 23.8 Å². The third-order valence-electron chi connectivity index (χ3n) is 3.85. The predicted molar refractivity (Wildman–Crippen MR) is 83.1 cm³/mol. The standard InChI is InChI=1S/C18H16O5/c1-11-4-3-5-14(12(11)2)18(20)21-9-15(19)13-6-7-16-17(8-13)23-10-22-16/h3-8H,9-10H2,1-2H3. The fourth-order valence-electron chi connectivity index (χ4n) is 2.33. The molecule has 23 heavy (non-hydrogen) atoms. The molecule has 0 bridgehead atoms. The van der Waals surface area contributed by atoms with E-state index in [-0.39, 0.29) is 19.2 Å². The van der Waals surface area contributed by atoms with Gasteiger partial charge in [-0.1, -0.05) is 12.1 Å². The number of benzene rings is 2. The van der Waals surface area contributed by atoms with Crippen molar-refractivity contribution >= 4 is 11.8 Å². The number of hydrogen-bond donors (Lipinski definition) is 0. The van der Waals surface area contributed by atoms with Crippen molar-refractivity contribution in [1.29, 1.82) is 0 Å². The molecule has 5 heteroatoms. The van der Waals surface area contributed by atoms with E-state index in [1.807, 2.05) is 19.9 Å². The van der Waals surface area contributed by atoms with Crippen molar-refractivity contribution in [1.82, 2.24) is 0 Å². The Morgan fingerprint density at radius 1 is 1.09 bits per heavy atom. The maximum atomic E-state index is 12.2. The third kappa shape index (κ3) is 3.04. The summed E-state index contributed by atoms with van der Waals surface area (Å²) in [4.78, 5) is 24.3. The van der Waals surface area contributed by atoms with E-state index in [0.29, 0.717) is 22.6 Å². The Morgan fingerprint density at radius 3 is 2.70 bits per heavy atom. The van der Waals surface area contributed by atoms with E-state index < -0.39 is 5.97 Å². The third-order valence-corrected chi connectivity index (χ3v) is 3.85. The summed E-state index contributed by atoms with van der Waals surface area (Å²) < 4.78 is 15.6. The minimum absolute atomic E-state index is 0.147. The number of aryl methyl sites for hydroxylation is 1. The summed E-state index contributed by atoms with van der Waals surface area (Å²) in [5.41, 5.74) is 2.75. The first-order valence-electron chi connectivity index (χ1n) is 7.22. The molecule has 3 rings (SSSR count). The van der Waals surface area contributed by atoms with Crippen LogP contribution in [0.4, 0.5) is 0 Å². The second kappa shape index (κ2) is 6.12. The summed E-state index contributed by atoms with van der Waals surface area (Å²) >= 11 is 0. The quantitative estimate of drug-likeness (QED) is 0.641. The molecule has 0 saturated carbocycles. The first-order valence-corrected chi connectivity index (χ1v) is 7.22. The van der Waals surface area contributed by atoms with Gasteiger partial charge in [0.2, 0.25) is 6.79 Å². The molecule has 0 saturated heterocycles. The maximum Gasteiger partial charge on any atom is 0.338 e. The van der Waals surface area contributed by atoms with E-state index in [1.165, 1.54) is 0 Å². The zero-order chi connectivity index (χ0) is 16.4. The molecule has 1 aliphatic heterocycles. The Bertz CT molecular complexity index is 779. The molecule has 0 aliphatic carbocycles. The Labute approximate surface area is 133 Å². The topological polar surface area (TPSA) is 61.8 Å². The van der Waals surface area contributed by atoms with E-state index in [0.717, 1.165) is 11.1 Å². The summed E-state index contributed by atoms with van der Waals surface area (Å²) in [6.07, 6.45) is 0. The highest BCUT2D eigenvalue weighted by molar-refractivity contribution is 6.00. The van der Waals surface area contributed by atoms with E-state index in [9.17, 15) is 9.59 Å². The fourth-order valence-corrected chi connectivity index (χ4v) is 2.33. The maximum absolute atomic E-state index is 12.2. The molecule has 5 nitrogen and oxygen atoms in total. The van der Waals surface area contributed by atoms with E-state index in [4.69, 9.17) is 14.2 Å². The molecule has 0 atom stereocenters. The van der Waals surface area contributed by atoms with Crippen LogP contribution in [-0.2, 0) is 4.74 Å². The predicted octanol–water partition coefficient (Wildman–Crippen LogP) is 3.07. The van der Waals surface area contributed by atoms with Crippen LogP contribution in [0.2, 0.25) is 0 Å². The molecule has 2 aromatic rings. The number of rotatable bonds is 4. The largest absolute Gasteiger partial charge is 0.454 e. The highest BCUT2D eigenvalue weighted by Gasteiger charge is 2.18. The number of carbonyl (C=O) groups is 2. The molecule has 1 heterocycles. The molecule has 0 amide bonds. The smallest absolute Gasteiger partial charge is 0.338 e. The number of hydrogen-bond acceptors (Lipinski definition) is 5. The van der Waals surface area contributed by atoms with Crippen LogP contribution in [0.25, 0.3) is 0 Å². The van der Waals surface area contributed by atoms with Gasteiger partial charge in [0, 0.05) is 5.56 Å². The summed E-state index contributed by atoms with van der Waals surface area (Å²) in [5.74, 6) is 0.341. The average molecular weight is 312 g/mol. The molecule has 0 aromatic heterocycles. The Kier molecular flexibility index (Phi) is 4.02. The van der Waals surface area contributed by atoms with Crippen molar-refractivity contribution in [2.75, 3.05) is 13.4 Å². The zero-order valence-electron chi connectivity index (χ0n) is 12.9. The highest BCUT2D eigenvalue weighted by Crippen LogP contribution is 2.32. The number of ether oxygens (including phenoxy) is 3. The Balaban J connectivity index is 1.67. The second-order valence-corrected chi connectivity index (χ2v) is 5.31. The summed E-state index contributed by atoms with van der Waals surface area (Å²) in [6.45, 7) is 3.61. The molecule has 0 radical (unpaired) electrons. The molecule has 0 N–H and O–H groups in total. The first kappa shape index (κ1) is 15.1. The molecule has 0 unspecified atom stereocenters. The van der Waals surface area contributed by atoms with Gasteiger partial charge in [-0.3, -0.25) is 4.79 Å². The summed E-state index contributed by atoms with van der Waals surface area (Å²) in [7, 11) is 0. The van der Waals surface area contributed by atoms with Crippen LogP contribution in [-0.4, -0.2) is 25.2 Å². The van der Waals surface area contributed by atoms with Crippen LogP contribution in [0.5, 0.6) is 11.5 Å². The van der Waals surface area contributed by atoms with Crippen LogP contribution < -0.4 is 9.47 Å². The number of fused-ring (bicyclic) bond motifs is 1. The lowest BCUT2D eigenvalue weighted by molar-refractivity contribution is 0.0474. The molecular formula is C18H16O5. The molecule has 118 valence electrons. The molecule has 2 aromatic carbocycles. The monoisotopic (exact) mass is 312 g/mol. The first-order chi connectivity index (χ1) is 11.1. The Hall–Kier alpha value is -2.82. The van der Waals surface area contributed by atoms with Crippen LogP contribution in [0, 0.1) is 13.8 Å². The zero-order valence-corrected chi connectivity index (χ0v) is 12.9. The van der Waals surface area contributed by atoms with Gasteiger partial charge in [-0.25, -0.2) is 4.79 Å². The van der Waals surface area contributed by atoms with Gasteiger partial charge >= 0.3 is 5.97 Å².